The van der Waals surface area contributed by atoms with Gasteiger partial charge >= 0.3 is 0 Å². The molecule has 1 N–H and O–H groups in total. The largest absolute Gasteiger partial charge is 0.341 e. The SMILES string of the molecule is CN(C[C@@H]1CCCN(CCc2ccc(Cl)cc2)C1)C(=O)c1ccc(=O)[nH]c1. The van der Waals surface area contributed by atoms with Crippen LogP contribution in [0, 0.1) is 5.92 Å². The first-order valence-electron chi connectivity index (χ1n) is 9.42. The standard InChI is InChI=1S/C21H26ClN3O2/c1-24(21(27)18-6-9-20(26)23-13-18)14-17-3-2-11-25(15-17)12-10-16-4-7-19(22)8-5-16/h4-9,13,17H,2-3,10-12,14-15H2,1H3,(H,23,26)/t17-/m0/s1. The van der Waals surface area contributed by atoms with Crippen LogP contribution in [-0.2, 0) is 6.42 Å². The van der Waals surface area contributed by atoms with Gasteiger partial charge in [0.25, 0.3) is 5.91 Å². The van der Waals surface area contributed by atoms with E-state index in [1.807, 2.05) is 19.2 Å². The Balaban J connectivity index is 1.49. The summed E-state index contributed by atoms with van der Waals surface area (Å²) >= 11 is 5.95. The highest BCUT2D eigenvalue weighted by molar-refractivity contribution is 6.30. The summed E-state index contributed by atoms with van der Waals surface area (Å²) in [6.45, 7) is 3.88. The van der Waals surface area contributed by atoms with Crippen LogP contribution in [-0.4, -0.2) is 53.9 Å². The Labute approximate surface area is 164 Å². The number of nitrogens with one attached hydrogen (secondary N) is 1. The van der Waals surface area contributed by atoms with Gasteiger partial charge in [0.15, 0.2) is 0 Å². The molecule has 0 spiro atoms. The number of likely N-dealkylation sites (tertiary alicyclic amines) is 1. The van der Waals surface area contributed by atoms with Crippen LogP contribution < -0.4 is 5.56 Å². The average Bonchev–Trinajstić information content (AvgIpc) is 2.68. The molecule has 144 valence electrons. The van der Waals surface area contributed by atoms with Gasteiger partial charge in [-0.1, -0.05) is 23.7 Å². The third-order valence-corrected chi connectivity index (χ3v) is 5.39. The van der Waals surface area contributed by atoms with Crippen molar-refractivity contribution in [2.24, 2.45) is 5.92 Å². The van der Waals surface area contributed by atoms with E-state index in [9.17, 15) is 9.59 Å². The van der Waals surface area contributed by atoms with Gasteiger partial charge in [0, 0.05) is 44.0 Å². The van der Waals surface area contributed by atoms with E-state index < -0.39 is 0 Å². The lowest BCUT2D eigenvalue weighted by atomic mass is 9.97. The molecule has 6 heteroatoms. The van der Waals surface area contributed by atoms with E-state index in [0.717, 1.165) is 50.5 Å². The van der Waals surface area contributed by atoms with E-state index in [-0.39, 0.29) is 11.5 Å². The summed E-state index contributed by atoms with van der Waals surface area (Å²) < 4.78 is 0. The fourth-order valence-corrected chi connectivity index (χ4v) is 3.80. The normalized spacial score (nSPS) is 17.6. The molecule has 1 aliphatic heterocycles. The van der Waals surface area contributed by atoms with Crippen LogP contribution in [0.5, 0.6) is 0 Å². The average molecular weight is 388 g/mol. The fraction of sp³-hybridized carbons (Fsp3) is 0.429. The molecule has 1 fully saturated rings. The zero-order chi connectivity index (χ0) is 19.2. The Kier molecular flexibility index (Phi) is 6.69. The molecule has 1 aromatic heterocycles. The second-order valence-electron chi connectivity index (χ2n) is 7.31. The number of carbonyl (C=O) groups is 1. The quantitative estimate of drug-likeness (QED) is 0.828. The number of H-pyrrole nitrogens is 1. The van der Waals surface area contributed by atoms with Crippen LogP contribution in [0.2, 0.25) is 5.02 Å². The van der Waals surface area contributed by atoms with Crippen molar-refractivity contribution in [2.45, 2.75) is 19.3 Å². The molecular formula is C21H26ClN3O2. The van der Waals surface area contributed by atoms with E-state index in [0.29, 0.717) is 11.5 Å². The summed E-state index contributed by atoms with van der Waals surface area (Å²) in [5, 5.41) is 0.770. The van der Waals surface area contributed by atoms with E-state index in [2.05, 4.69) is 22.0 Å². The van der Waals surface area contributed by atoms with E-state index >= 15 is 0 Å². The zero-order valence-corrected chi connectivity index (χ0v) is 16.4. The highest BCUT2D eigenvalue weighted by Crippen LogP contribution is 2.19. The van der Waals surface area contributed by atoms with Crippen LogP contribution in [0.1, 0.15) is 28.8 Å². The maximum Gasteiger partial charge on any atom is 0.255 e. The van der Waals surface area contributed by atoms with Gasteiger partial charge in [0.1, 0.15) is 0 Å². The number of halogens is 1. The Bertz CT molecular complexity index is 798. The molecule has 0 bridgehead atoms. The summed E-state index contributed by atoms with van der Waals surface area (Å²) in [4.78, 5) is 30.5. The molecule has 2 heterocycles. The van der Waals surface area contributed by atoms with Gasteiger partial charge in [-0.25, -0.2) is 0 Å². The van der Waals surface area contributed by atoms with Gasteiger partial charge in [-0.15, -0.1) is 0 Å². The molecule has 0 radical (unpaired) electrons. The zero-order valence-electron chi connectivity index (χ0n) is 15.7. The Morgan fingerprint density at radius 1 is 1.26 bits per heavy atom. The predicted octanol–water partition coefficient (Wildman–Crippen LogP) is 3.06. The first-order chi connectivity index (χ1) is 13.0. The van der Waals surface area contributed by atoms with Gasteiger partial charge in [-0.2, -0.15) is 0 Å². The molecule has 3 rings (SSSR count). The fourth-order valence-electron chi connectivity index (χ4n) is 3.68. The number of carbonyl (C=O) groups excluding carboxylic acids is 1. The molecule has 1 aromatic carbocycles. The van der Waals surface area contributed by atoms with Crippen LogP contribution >= 0.6 is 11.6 Å². The molecule has 0 unspecified atom stereocenters. The molecule has 2 aromatic rings. The highest BCUT2D eigenvalue weighted by atomic mass is 35.5. The summed E-state index contributed by atoms with van der Waals surface area (Å²) in [5.41, 5.74) is 1.62. The minimum atomic E-state index is -0.196. The number of pyridine rings is 1. The van der Waals surface area contributed by atoms with Crippen molar-refractivity contribution in [1.29, 1.82) is 0 Å². The van der Waals surface area contributed by atoms with Crippen LogP contribution in [0.25, 0.3) is 0 Å². The molecule has 1 amide bonds. The summed E-state index contributed by atoms with van der Waals surface area (Å²) in [6.07, 6.45) is 4.79. The molecule has 0 saturated carbocycles. The molecule has 27 heavy (non-hydrogen) atoms. The van der Waals surface area contributed by atoms with Crippen molar-refractivity contribution in [1.82, 2.24) is 14.8 Å². The molecule has 0 aliphatic carbocycles. The maximum atomic E-state index is 12.5. The lowest BCUT2D eigenvalue weighted by Gasteiger charge is -2.34. The monoisotopic (exact) mass is 387 g/mol. The topological polar surface area (TPSA) is 56.4 Å². The number of aromatic nitrogens is 1. The number of aromatic amines is 1. The summed E-state index contributed by atoms with van der Waals surface area (Å²) in [6, 6.07) is 11.0. The van der Waals surface area contributed by atoms with Gasteiger partial charge in [-0.3, -0.25) is 9.59 Å². The number of hydrogen-bond donors (Lipinski definition) is 1. The number of benzene rings is 1. The van der Waals surface area contributed by atoms with E-state index in [1.54, 1.807) is 11.0 Å². The van der Waals surface area contributed by atoms with Crippen LogP contribution in [0.4, 0.5) is 0 Å². The smallest absolute Gasteiger partial charge is 0.255 e. The van der Waals surface area contributed by atoms with Crippen molar-refractivity contribution < 1.29 is 4.79 Å². The second-order valence-corrected chi connectivity index (χ2v) is 7.75. The third-order valence-electron chi connectivity index (χ3n) is 5.14. The van der Waals surface area contributed by atoms with Crippen LogP contribution in [0.3, 0.4) is 0 Å². The van der Waals surface area contributed by atoms with E-state index in [4.69, 9.17) is 11.6 Å². The first kappa shape index (κ1) is 19.6. The molecule has 5 nitrogen and oxygen atoms in total. The summed E-state index contributed by atoms with van der Waals surface area (Å²) in [5.74, 6) is 0.421. The van der Waals surface area contributed by atoms with Crippen molar-refractivity contribution >= 4 is 17.5 Å². The Morgan fingerprint density at radius 3 is 2.74 bits per heavy atom. The highest BCUT2D eigenvalue weighted by Gasteiger charge is 2.23. The van der Waals surface area contributed by atoms with E-state index in [1.165, 1.54) is 17.8 Å². The van der Waals surface area contributed by atoms with Gasteiger partial charge < -0.3 is 14.8 Å². The van der Waals surface area contributed by atoms with Gasteiger partial charge in [-0.05, 0) is 55.5 Å². The minimum absolute atomic E-state index is 0.0514. The molecule has 1 aliphatic rings. The Morgan fingerprint density at radius 2 is 2.04 bits per heavy atom. The number of piperidine rings is 1. The molecule has 1 saturated heterocycles. The number of rotatable bonds is 6. The predicted molar refractivity (Wildman–Crippen MR) is 108 cm³/mol. The van der Waals surface area contributed by atoms with Crippen LogP contribution in [0.15, 0.2) is 47.4 Å². The first-order valence-corrected chi connectivity index (χ1v) is 9.80. The van der Waals surface area contributed by atoms with Crippen molar-refractivity contribution in [2.75, 3.05) is 33.2 Å². The van der Waals surface area contributed by atoms with Crippen molar-refractivity contribution in [3.63, 3.8) is 0 Å². The van der Waals surface area contributed by atoms with Gasteiger partial charge in [0.05, 0.1) is 5.56 Å². The number of nitrogens with zero attached hydrogens (tertiary/aromatic N) is 2. The lowest BCUT2D eigenvalue weighted by Crippen LogP contribution is -2.42. The maximum absolute atomic E-state index is 12.5. The second kappa shape index (κ2) is 9.20. The number of hydrogen-bond acceptors (Lipinski definition) is 3. The Hall–Kier alpha value is -2.11. The lowest BCUT2D eigenvalue weighted by molar-refractivity contribution is 0.0730. The molecule has 1 atom stereocenters. The van der Waals surface area contributed by atoms with Crippen molar-refractivity contribution in [3.8, 4) is 0 Å². The number of amides is 1. The summed E-state index contributed by atoms with van der Waals surface area (Å²) in [7, 11) is 1.83. The molecular weight excluding hydrogens is 362 g/mol. The van der Waals surface area contributed by atoms with Gasteiger partial charge in [0.2, 0.25) is 5.56 Å². The van der Waals surface area contributed by atoms with Crippen molar-refractivity contribution in [3.05, 3.63) is 69.1 Å². The third kappa shape index (κ3) is 5.68. The minimum Gasteiger partial charge on any atom is -0.341 e.